The SMILES string of the molecule is N[C@@H]1C[C@H](CO)[C@@H](CO)[C@@H]1CO. The standard InChI is InChI=1S/C8H17NO3/c9-8-1-5(2-10)6(3-11)7(8)4-12/h5-8,10-12H,1-4,9H2/t5-,6-,7+,8-/m1/s1. The van der Waals surface area contributed by atoms with E-state index in [-0.39, 0.29) is 43.6 Å². The van der Waals surface area contributed by atoms with Crippen LogP contribution < -0.4 is 5.73 Å². The summed E-state index contributed by atoms with van der Waals surface area (Å²) in [7, 11) is 0. The molecule has 1 rings (SSSR count). The Kier molecular flexibility index (Phi) is 3.46. The highest BCUT2D eigenvalue weighted by Crippen LogP contribution is 2.35. The molecular formula is C8H17NO3. The van der Waals surface area contributed by atoms with Crippen LogP contribution in [-0.2, 0) is 0 Å². The molecule has 0 saturated heterocycles. The molecule has 0 spiro atoms. The van der Waals surface area contributed by atoms with Crippen LogP contribution in [0.5, 0.6) is 0 Å². The first-order valence-electron chi connectivity index (χ1n) is 4.32. The van der Waals surface area contributed by atoms with E-state index in [0.29, 0.717) is 6.42 Å². The molecule has 0 unspecified atom stereocenters. The molecule has 5 N–H and O–H groups in total. The third-order valence-corrected chi connectivity index (χ3v) is 2.94. The largest absolute Gasteiger partial charge is 0.396 e. The molecule has 0 aliphatic heterocycles. The molecule has 0 bridgehead atoms. The van der Waals surface area contributed by atoms with Crippen molar-refractivity contribution in [2.24, 2.45) is 23.5 Å². The van der Waals surface area contributed by atoms with Gasteiger partial charge in [0, 0.05) is 31.8 Å². The van der Waals surface area contributed by atoms with Crippen molar-refractivity contribution in [2.75, 3.05) is 19.8 Å². The van der Waals surface area contributed by atoms with E-state index < -0.39 is 0 Å². The minimum Gasteiger partial charge on any atom is -0.396 e. The second-order valence-corrected chi connectivity index (χ2v) is 3.54. The van der Waals surface area contributed by atoms with Gasteiger partial charge in [-0.1, -0.05) is 0 Å². The second-order valence-electron chi connectivity index (χ2n) is 3.54. The molecule has 1 saturated carbocycles. The smallest absolute Gasteiger partial charge is 0.0477 e. The molecule has 0 heterocycles. The van der Waals surface area contributed by atoms with Crippen molar-refractivity contribution in [1.82, 2.24) is 0 Å². The van der Waals surface area contributed by atoms with Gasteiger partial charge in [-0.3, -0.25) is 0 Å². The Bertz CT molecular complexity index is 142. The highest BCUT2D eigenvalue weighted by atomic mass is 16.3. The summed E-state index contributed by atoms with van der Waals surface area (Å²) in [5.74, 6) is -0.0238. The van der Waals surface area contributed by atoms with Crippen molar-refractivity contribution in [1.29, 1.82) is 0 Å². The van der Waals surface area contributed by atoms with Gasteiger partial charge in [-0.05, 0) is 18.3 Å². The van der Waals surface area contributed by atoms with E-state index in [0.717, 1.165) is 0 Å². The molecule has 4 heteroatoms. The fraction of sp³-hybridized carbons (Fsp3) is 1.00. The number of aliphatic hydroxyl groups is 3. The van der Waals surface area contributed by atoms with Gasteiger partial charge in [0.2, 0.25) is 0 Å². The average molecular weight is 175 g/mol. The third-order valence-electron chi connectivity index (χ3n) is 2.94. The molecule has 0 aromatic carbocycles. The van der Waals surface area contributed by atoms with Gasteiger partial charge in [0.05, 0.1) is 0 Å². The van der Waals surface area contributed by atoms with Crippen LogP contribution in [-0.4, -0.2) is 41.2 Å². The lowest BCUT2D eigenvalue weighted by Crippen LogP contribution is -2.32. The summed E-state index contributed by atoms with van der Waals surface area (Å²) < 4.78 is 0. The lowest BCUT2D eigenvalue weighted by molar-refractivity contribution is 0.0904. The molecule has 0 radical (unpaired) electrons. The molecular weight excluding hydrogens is 158 g/mol. The van der Waals surface area contributed by atoms with Gasteiger partial charge < -0.3 is 21.1 Å². The number of hydrogen-bond donors (Lipinski definition) is 4. The number of hydrogen-bond acceptors (Lipinski definition) is 4. The summed E-state index contributed by atoms with van der Waals surface area (Å²) in [6.45, 7) is 0.0580. The van der Waals surface area contributed by atoms with Crippen LogP contribution in [0.2, 0.25) is 0 Å². The Morgan fingerprint density at radius 1 is 1.00 bits per heavy atom. The Hall–Kier alpha value is -0.160. The molecule has 72 valence electrons. The zero-order valence-electron chi connectivity index (χ0n) is 7.06. The van der Waals surface area contributed by atoms with Crippen LogP contribution in [0.15, 0.2) is 0 Å². The van der Waals surface area contributed by atoms with Crippen LogP contribution >= 0.6 is 0 Å². The summed E-state index contributed by atoms with van der Waals surface area (Å²) in [6, 6.07) is -0.0794. The zero-order valence-corrected chi connectivity index (χ0v) is 7.06. The van der Waals surface area contributed by atoms with Crippen molar-refractivity contribution in [3.63, 3.8) is 0 Å². The minimum absolute atomic E-state index is 0.00287. The minimum atomic E-state index is -0.0794. The van der Waals surface area contributed by atoms with E-state index in [1.807, 2.05) is 0 Å². The molecule has 12 heavy (non-hydrogen) atoms. The van der Waals surface area contributed by atoms with Crippen LogP contribution in [0, 0.1) is 17.8 Å². The summed E-state index contributed by atoms with van der Waals surface area (Å²) >= 11 is 0. The molecule has 0 aromatic rings. The summed E-state index contributed by atoms with van der Waals surface area (Å²) in [5.41, 5.74) is 5.74. The predicted octanol–water partition coefficient (Wildman–Crippen LogP) is -1.46. The third kappa shape index (κ3) is 1.61. The van der Waals surface area contributed by atoms with E-state index in [4.69, 9.17) is 21.1 Å². The first-order valence-corrected chi connectivity index (χ1v) is 4.32. The number of nitrogens with two attached hydrogens (primary N) is 1. The lowest BCUT2D eigenvalue weighted by Gasteiger charge is -2.20. The van der Waals surface area contributed by atoms with Crippen LogP contribution in [0.4, 0.5) is 0 Å². The lowest BCUT2D eigenvalue weighted by atomic mass is 9.90. The average Bonchev–Trinajstić information content (AvgIpc) is 2.40. The van der Waals surface area contributed by atoms with E-state index in [9.17, 15) is 0 Å². The van der Waals surface area contributed by atoms with Gasteiger partial charge in [0.15, 0.2) is 0 Å². The van der Waals surface area contributed by atoms with Gasteiger partial charge in [-0.25, -0.2) is 0 Å². The molecule has 1 fully saturated rings. The molecule has 1 aliphatic carbocycles. The van der Waals surface area contributed by atoms with Crippen molar-refractivity contribution in [3.05, 3.63) is 0 Å². The normalized spacial score (nSPS) is 42.0. The fourth-order valence-corrected chi connectivity index (χ4v) is 2.13. The Balaban J connectivity index is 2.61. The van der Waals surface area contributed by atoms with E-state index >= 15 is 0 Å². The van der Waals surface area contributed by atoms with Crippen molar-refractivity contribution < 1.29 is 15.3 Å². The highest BCUT2D eigenvalue weighted by molar-refractivity contribution is 4.92. The quantitative estimate of drug-likeness (QED) is 0.422. The van der Waals surface area contributed by atoms with Crippen molar-refractivity contribution >= 4 is 0 Å². The van der Waals surface area contributed by atoms with Crippen LogP contribution in [0.3, 0.4) is 0 Å². The molecule has 0 aromatic heterocycles. The van der Waals surface area contributed by atoms with Crippen LogP contribution in [0.25, 0.3) is 0 Å². The number of rotatable bonds is 3. The van der Waals surface area contributed by atoms with Crippen LogP contribution in [0.1, 0.15) is 6.42 Å². The maximum Gasteiger partial charge on any atom is 0.0477 e. The van der Waals surface area contributed by atoms with Crippen molar-refractivity contribution in [2.45, 2.75) is 12.5 Å². The van der Waals surface area contributed by atoms with Gasteiger partial charge in [0.25, 0.3) is 0 Å². The van der Waals surface area contributed by atoms with Gasteiger partial charge in [-0.15, -0.1) is 0 Å². The Morgan fingerprint density at radius 3 is 2.00 bits per heavy atom. The summed E-state index contributed by atoms with van der Waals surface area (Å²) in [4.78, 5) is 0. The maximum absolute atomic E-state index is 9.01. The first-order chi connectivity index (χ1) is 5.74. The fourth-order valence-electron chi connectivity index (χ4n) is 2.13. The highest BCUT2D eigenvalue weighted by Gasteiger charge is 2.40. The summed E-state index contributed by atoms with van der Waals surface area (Å²) in [5, 5.41) is 26.9. The van der Waals surface area contributed by atoms with Gasteiger partial charge in [-0.2, -0.15) is 0 Å². The zero-order chi connectivity index (χ0) is 9.14. The Labute approximate surface area is 72.0 Å². The molecule has 1 aliphatic rings. The van der Waals surface area contributed by atoms with Crippen molar-refractivity contribution in [3.8, 4) is 0 Å². The van der Waals surface area contributed by atoms with Gasteiger partial charge >= 0.3 is 0 Å². The predicted molar refractivity (Wildman–Crippen MR) is 44.3 cm³/mol. The number of aliphatic hydroxyl groups excluding tert-OH is 3. The molecule has 4 nitrogen and oxygen atoms in total. The first kappa shape index (κ1) is 9.92. The molecule has 0 amide bonds. The summed E-state index contributed by atoms with van der Waals surface area (Å²) in [6.07, 6.45) is 0.701. The maximum atomic E-state index is 9.01. The molecule has 4 atom stereocenters. The topological polar surface area (TPSA) is 86.7 Å². The van der Waals surface area contributed by atoms with E-state index in [2.05, 4.69) is 0 Å². The monoisotopic (exact) mass is 175 g/mol. The van der Waals surface area contributed by atoms with Gasteiger partial charge in [0.1, 0.15) is 0 Å². The Morgan fingerprint density at radius 2 is 1.58 bits per heavy atom. The van der Waals surface area contributed by atoms with E-state index in [1.165, 1.54) is 0 Å². The van der Waals surface area contributed by atoms with E-state index in [1.54, 1.807) is 0 Å². The second kappa shape index (κ2) is 4.18.